The molecule has 6 heteroatoms. The molecule has 0 fully saturated rings. The molecule has 21 heavy (non-hydrogen) atoms. The summed E-state index contributed by atoms with van der Waals surface area (Å²) in [5, 5.41) is 5.55. The summed E-state index contributed by atoms with van der Waals surface area (Å²) in [5.74, 6) is -0.0152. The second-order valence-corrected chi connectivity index (χ2v) is 5.93. The molecule has 0 unspecified atom stereocenters. The van der Waals surface area contributed by atoms with E-state index in [1.807, 2.05) is 27.7 Å². The van der Waals surface area contributed by atoms with Gasteiger partial charge >= 0.3 is 0 Å². The van der Waals surface area contributed by atoms with Gasteiger partial charge in [-0.15, -0.1) is 0 Å². The van der Waals surface area contributed by atoms with Crippen LogP contribution in [0.5, 0.6) is 0 Å². The van der Waals surface area contributed by atoms with Crippen LogP contribution in [0.4, 0.5) is 5.82 Å². The van der Waals surface area contributed by atoms with Gasteiger partial charge in [0.15, 0.2) is 0 Å². The Balaban J connectivity index is 2.51. The summed E-state index contributed by atoms with van der Waals surface area (Å²) in [4.78, 5) is 27.8. The molecule has 1 aromatic rings. The van der Waals surface area contributed by atoms with Crippen LogP contribution in [0.15, 0.2) is 12.1 Å². The molecule has 6 nitrogen and oxygen atoms in total. The normalized spacial score (nSPS) is 11.0. The summed E-state index contributed by atoms with van der Waals surface area (Å²) < 4.78 is 0. The number of anilines is 1. The zero-order valence-corrected chi connectivity index (χ0v) is 13.1. The van der Waals surface area contributed by atoms with Crippen LogP contribution in [0, 0.1) is 0 Å². The first-order valence-electron chi connectivity index (χ1n) is 7.07. The highest BCUT2D eigenvalue weighted by Gasteiger charge is 2.14. The zero-order valence-electron chi connectivity index (χ0n) is 13.1. The average molecular weight is 292 g/mol. The van der Waals surface area contributed by atoms with Gasteiger partial charge in [0.05, 0.1) is 0 Å². The van der Waals surface area contributed by atoms with E-state index >= 15 is 0 Å². The first-order valence-corrected chi connectivity index (χ1v) is 7.07. The van der Waals surface area contributed by atoms with Gasteiger partial charge in [-0.3, -0.25) is 9.59 Å². The van der Waals surface area contributed by atoms with Crippen molar-refractivity contribution in [1.82, 2.24) is 15.6 Å². The fourth-order valence-electron chi connectivity index (χ4n) is 1.80. The number of aromatic nitrogens is 1. The molecular formula is C15H24N4O2. The lowest BCUT2D eigenvalue weighted by Crippen LogP contribution is -2.42. The van der Waals surface area contributed by atoms with Crippen molar-refractivity contribution in [2.75, 3.05) is 12.3 Å². The number of carbonyl (C=O) groups excluding carboxylic acids is 2. The van der Waals surface area contributed by atoms with E-state index in [2.05, 4.69) is 15.6 Å². The molecule has 1 heterocycles. The van der Waals surface area contributed by atoms with Gasteiger partial charge in [0, 0.05) is 29.8 Å². The predicted molar refractivity (Wildman–Crippen MR) is 82.9 cm³/mol. The van der Waals surface area contributed by atoms with Gasteiger partial charge in [-0.05, 0) is 39.3 Å². The number of rotatable bonds is 5. The lowest BCUT2D eigenvalue weighted by molar-refractivity contribution is -0.122. The van der Waals surface area contributed by atoms with E-state index in [1.54, 1.807) is 6.07 Å². The van der Waals surface area contributed by atoms with Crippen LogP contribution in [0.2, 0.25) is 0 Å². The van der Waals surface area contributed by atoms with Crippen molar-refractivity contribution in [2.45, 2.75) is 46.1 Å². The molecule has 0 radical (unpaired) electrons. The topological polar surface area (TPSA) is 97.1 Å². The van der Waals surface area contributed by atoms with Crippen molar-refractivity contribution in [3.63, 3.8) is 0 Å². The second kappa shape index (κ2) is 7.06. The number of nitrogens with zero attached hydrogens (tertiary/aromatic N) is 1. The Hall–Kier alpha value is -2.11. The Morgan fingerprint density at radius 2 is 1.95 bits per heavy atom. The highest BCUT2D eigenvalue weighted by atomic mass is 16.2. The molecule has 0 atom stereocenters. The van der Waals surface area contributed by atoms with Crippen LogP contribution in [0.1, 0.15) is 50.2 Å². The molecule has 0 aliphatic rings. The van der Waals surface area contributed by atoms with Crippen molar-refractivity contribution in [3.8, 4) is 0 Å². The SMILES string of the molecule is CCc1cc(C(=O)NCCC(=O)NC(C)(C)C)cc(N)n1. The van der Waals surface area contributed by atoms with Crippen LogP contribution >= 0.6 is 0 Å². The van der Waals surface area contributed by atoms with Gasteiger partial charge in [0.1, 0.15) is 5.82 Å². The molecule has 116 valence electrons. The Morgan fingerprint density at radius 1 is 1.29 bits per heavy atom. The number of hydrogen-bond acceptors (Lipinski definition) is 4. The Kier molecular flexibility index (Phi) is 5.69. The number of hydrogen-bond donors (Lipinski definition) is 3. The third-order valence-corrected chi connectivity index (χ3v) is 2.67. The molecule has 4 N–H and O–H groups in total. The van der Waals surface area contributed by atoms with Gasteiger partial charge in [0.25, 0.3) is 5.91 Å². The monoisotopic (exact) mass is 292 g/mol. The molecule has 0 aliphatic carbocycles. The highest BCUT2D eigenvalue weighted by Crippen LogP contribution is 2.08. The van der Waals surface area contributed by atoms with Gasteiger partial charge in [-0.1, -0.05) is 6.92 Å². The minimum Gasteiger partial charge on any atom is -0.384 e. The van der Waals surface area contributed by atoms with Gasteiger partial charge in [-0.25, -0.2) is 4.98 Å². The fraction of sp³-hybridized carbons (Fsp3) is 0.533. The maximum absolute atomic E-state index is 12.0. The van der Waals surface area contributed by atoms with E-state index in [9.17, 15) is 9.59 Å². The summed E-state index contributed by atoms with van der Waals surface area (Å²) in [5.41, 5.74) is 6.63. The number of nitrogen functional groups attached to an aromatic ring is 1. The summed E-state index contributed by atoms with van der Waals surface area (Å²) in [6.07, 6.45) is 0.948. The Bertz CT molecular complexity index is 521. The number of amides is 2. The molecule has 1 rings (SSSR count). The van der Waals surface area contributed by atoms with E-state index in [0.29, 0.717) is 17.8 Å². The van der Waals surface area contributed by atoms with Crippen LogP contribution in [0.3, 0.4) is 0 Å². The van der Waals surface area contributed by atoms with Crippen LogP contribution in [-0.4, -0.2) is 28.9 Å². The summed E-state index contributed by atoms with van der Waals surface area (Å²) in [6, 6.07) is 3.24. The number of nitrogens with one attached hydrogen (secondary N) is 2. The van der Waals surface area contributed by atoms with Crippen molar-refractivity contribution in [1.29, 1.82) is 0 Å². The van der Waals surface area contributed by atoms with Crippen LogP contribution in [-0.2, 0) is 11.2 Å². The van der Waals surface area contributed by atoms with Gasteiger partial charge < -0.3 is 16.4 Å². The van der Waals surface area contributed by atoms with Crippen molar-refractivity contribution in [2.24, 2.45) is 0 Å². The maximum Gasteiger partial charge on any atom is 0.251 e. The largest absolute Gasteiger partial charge is 0.384 e. The summed E-state index contributed by atoms with van der Waals surface area (Å²) in [7, 11) is 0. The van der Waals surface area contributed by atoms with Crippen molar-refractivity contribution in [3.05, 3.63) is 23.4 Å². The molecule has 0 aromatic carbocycles. The van der Waals surface area contributed by atoms with E-state index < -0.39 is 0 Å². The minimum atomic E-state index is -0.267. The molecule has 0 aliphatic heterocycles. The fourth-order valence-corrected chi connectivity index (χ4v) is 1.80. The first-order chi connectivity index (χ1) is 9.71. The number of aryl methyl sites for hydroxylation is 1. The second-order valence-electron chi connectivity index (χ2n) is 5.93. The van der Waals surface area contributed by atoms with E-state index in [1.165, 1.54) is 6.07 Å². The zero-order chi connectivity index (χ0) is 16.0. The first kappa shape index (κ1) is 16.9. The third-order valence-electron chi connectivity index (χ3n) is 2.67. The lowest BCUT2D eigenvalue weighted by Gasteiger charge is -2.20. The summed E-state index contributed by atoms with van der Waals surface area (Å²) >= 11 is 0. The van der Waals surface area contributed by atoms with Crippen LogP contribution < -0.4 is 16.4 Å². The van der Waals surface area contributed by atoms with Crippen molar-refractivity contribution >= 4 is 17.6 Å². The lowest BCUT2D eigenvalue weighted by atomic mass is 10.1. The minimum absolute atomic E-state index is 0.0914. The van der Waals surface area contributed by atoms with Gasteiger partial charge in [0.2, 0.25) is 5.91 Å². The van der Waals surface area contributed by atoms with E-state index in [-0.39, 0.29) is 30.3 Å². The quantitative estimate of drug-likeness (QED) is 0.761. The van der Waals surface area contributed by atoms with E-state index in [0.717, 1.165) is 5.69 Å². The Labute approximate surface area is 125 Å². The molecule has 2 amide bonds. The average Bonchev–Trinajstić information content (AvgIpc) is 2.35. The predicted octanol–water partition coefficient (Wildman–Crippen LogP) is 1.26. The highest BCUT2D eigenvalue weighted by molar-refractivity contribution is 5.95. The smallest absolute Gasteiger partial charge is 0.251 e. The number of nitrogens with two attached hydrogens (primary N) is 1. The molecule has 0 spiro atoms. The molecule has 0 saturated heterocycles. The molecule has 0 saturated carbocycles. The number of carbonyl (C=O) groups is 2. The Morgan fingerprint density at radius 3 is 2.52 bits per heavy atom. The van der Waals surface area contributed by atoms with Gasteiger partial charge in [-0.2, -0.15) is 0 Å². The maximum atomic E-state index is 12.0. The number of pyridine rings is 1. The van der Waals surface area contributed by atoms with E-state index in [4.69, 9.17) is 5.73 Å². The third kappa shape index (κ3) is 6.25. The van der Waals surface area contributed by atoms with Crippen LogP contribution in [0.25, 0.3) is 0 Å². The standard InChI is InChI=1S/C15H24N4O2/c1-5-11-8-10(9-12(16)18-11)14(21)17-7-6-13(20)19-15(2,3)4/h8-9H,5-7H2,1-4H3,(H2,16,18)(H,17,21)(H,19,20). The molecule has 1 aromatic heterocycles. The molecular weight excluding hydrogens is 268 g/mol. The van der Waals surface area contributed by atoms with Crippen molar-refractivity contribution < 1.29 is 9.59 Å². The summed E-state index contributed by atoms with van der Waals surface area (Å²) in [6.45, 7) is 7.96. The molecule has 0 bridgehead atoms.